The molecule has 0 spiro atoms. The van der Waals surface area contributed by atoms with Crippen LogP contribution >= 0.6 is 0 Å². The molecule has 0 radical (unpaired) electrons. The van der Waals surface area contributed by atoms with Crippen LogP contribution in [0.3, 0.4) is 0 Å². The Balaban J connectivity index is 2.13. The molecule has 108 valence electrons. The zero-order valence-electron chi connectivity index (χ0n) is 11.6. The second-order valence-electron chi connectivity index (χ2n) is 5.17. The zero-order chi connectivity index (χ0) is 14.5. The largest absolute Gasteiger partial charge is 0.478 e. The van der Waals surface area contributed by atoms with Crippen molar-refractivity contribution in [3.8, 4) is 0 Å². The summed E-state index contributed by atoms with van der Waals surface area (Å²) in [5, 5.41) is 11.8. The minimum Gasteiger partial charge on any atom is -0.478 e. The second-order valence-corrected chi connectivity index (χ2v) is 5.17. The highest BCUT2D eigenvalue weighted by Crippen LogP contribution is 2.20. The number of aromatic carboxylic acids is 1. The number of rotatable bonds is 2. The molecule has 0 aliphatic carbocycles. The van der Waals surface area contributed by atoms with Crippen molar-refractivity contribution in [2.24, 2.45) is 0 Å². The predicted molar refractivity (Wildman–Crippen MR) is 77.1 cm³/mol. The van der Waals surface area contributed by atoms with Crippen LogP contribution in [0.2, 0.25) is 0 Å². The number of hydrogen-bond donors (Lipinski definition) is 2. The van der Waals surface area contributed by atoms with Crippen LogP contribution in [0, 0.1) is 0 Å². The Hall–Kier alpha value is -2.04. The Morgan fingerprint density at radius 1 is 1.25 bits per heavy atom. The number of para-hydroxylation sites is 1. The molecule has 0 saturated carbocycles. The number of amides is 2. The highest BCUT2D eigenvalue weighted by atomic mass is 16.4. The lowest BCUT2D eigenvalue weighted by molar-refractivity contribution is 0.0698. The molecule has 1 aliphatic rings. The molecule has 5 heteroatoms. The van der Waals surface area contributed by atoms with Crippen molar-refractivity contribution in [2.45, 2.75) is 38.6 Å². The summed E-state index contributed by atoms with van der Waals surface area (Å²) in [6.07, 6.45) is 4.27. The van der Waals surface area contributed by atoms with E-state index in [0.717, 1.165) is 32.2 Å². The van der Waals surface area contributed by atoms with Crippen LogP contribution < -0.4 is 5.32 Å². The molecule has 1 heterocycles. The molecule has 2 amide bonds. The van der Waals surface area contributed by atoms with Crippen LogP contribution in [0.5, 0.6) is 0 Å². The normalized spacial score (nSPS) is 19.2. The average molecular weight is 276 g/mol. The summed E-state index contributed by atoms with van der Waals surface area (Å²) in [5.74, 6) is -1.04. The quantitative estimate of drug-likeness (QED) is 0.871. The van der Waals surface area contributed by atoms with Crippen LogP contribution in [-0.4, -0.2) is 34.6 Å². The Labute approximate surface area is 118 Å². The molecular weight excluding hydrogens is 256 g/mol. The number of nitrogens with one attached hydrogen (secondary N) is 1. The Morgan fingerprint density at radius 2 is 2.00 bits per heavy atom. The van der Waals surface area contributed by atoms with Crippen LogP contribution in [-0.2, 0) is 0 Å². The number of carboxylic acids is 1. The van der Waals surface area contributed by atoms with Crippen LogP contribution in [0.4, 0.5) is 10.5 Å². The van der Waals surface area contributed by atoms with Crippen molar-refractivity contribution in [1.29, 1.82) is 0 Å². The lowest BCUT2D eigenvalue weighted by atomic mass is 10.1. The summed E-state index contributed by atoms with van der Waals surface area (Å²) in [7, 11) is 0. The molecule has 1 aromatic carbocycles. The van der Waals surface area contributed by atoms with Gasteiger partial charge in [0.25, 0.3) is 0 Å². The minimum atomic E-state index is -1.04. The van der Waals surface area contributed by atoms with Gasteiger partial charge in [-0.25, -0.2) is 9.59 Å². The van der Waals surface area contributed by atoms with Gasteiger partial charge in [-0.1, -0.05) is 25.0 Å². The van der Waals surface area contributed by atoms with E-state index in [-0.39, 0.29) is 17.6 Å². The lowest BCUT2D eigenvalue weighted by Gasteiger charge is -2.27. The first-order chi connectivity index (χ1) is 9.59. The van der Waals surface area contributed by atoms with Gasteiger partial charge in [-0.05, 0) is 31.9 Å². The SMILES string of the molecule is CC1CCCCCN1C(=O)Nc1ccccc1C(=O)O. The third-order valence-electron chi connectivity index (χ3n) is 3.71. The number of hydrogen-bond acceptors (Lipinski definition) is 2. The van der Waals surface area contributed by atoms with Crippen molar-refractivity contribution < 1.29 is 14.7 Å². The molecule has 2 N–H and O–H groups in total. The Kier molecular flexibility index (Phi) is 4.61. The van der Waals surface area contributed by atoms with Gasteiger partial charge >= 0.3 is 12.0 Å². The van der Waals surface area contributed by atoms with Gasteiger partial charge in [-0.2, -0.15) is 0 Å². The van der Waals surface area contributed by atoms with Crippen LogP contribution in [0.15, 0.2) is 24.3 Å². The standard InChI is InChI=1S/C15H20N2O3/c1-11-7-3-2-6-10-17(11)15(20)16-13-9-5-4-8-12(13)14(18)19/h4-5,8-9,11H,2-3,6-7,10H2,1H3,(H,16,20)(H,18,19). The average Bonchev–Trinajstić information content (AvgIpc) is 2.63. The molecule has 1 atom stereocenters. The summed E-state index contributed by atoms with van der Waals surface area (Å²) in [6, 6.07) is 6.44. The van der Waals surface area contributed by atoms with Crippen LogP contribution in [0.1, 0.15) is 43.0 Å². The molecule has 0 bridgehead atoms. The van der Waals surface area contributed by atoms with E-state index in [1.165, 1.54) is 6.07 Å². The van der Waals surface area contributed by atoms with Crippen LogP contribution in [0.25, 0.3) is 0 Å². The van der Waals surface area contributed by atoms with Crippen molar-refractivity contribution in [3.63, 3.8) is 0 Å². The van der Waals surface area contributed by atoms with Crippen molar-refractivity contribution >= 4 is 17.7 Å². The van der Waals surface area contributed by atoms with E-state index >= 15 is 0 Å². The summed E-state index contributed by atoms with van der Waals surface area (Å²) >= 11 is 0. The summed E-state index contributed by atoms with van der Waals surface area (Å²) in [5.41, 5.74) is 0.463. The number of anilines is 1. The van der Waals surface area contributed by atoms with E-state index in [1.807, 2.05) is 6.92 Å². The predicted octanol–water partition coefficient (Wildman–Crippen LogP) is 3.18. The van der Waals surface area contributed by atoms with E-state index in [2.05, 4.69) is 5.32 Å². The van der Waals surface area contributed by atoms with E-state index in [9.17, 15) is 9.59 Å². The first kappa shape index (κ1) is 14.4. The molecule has 2 rings (SSSR count). The van der Waals surface area contributed by atoms with Gasteiger partial charge in [-0.3, -0.25) is 0 Å². The molecule has 0 aromatic heterocycles. The van der Waals surface area contributed by atoms with Gasteiger partial charge in [0.2, 0.25) is 0 Å². The second kappa shape index (κ2) is 6.41. The Morgan fingerprint density at radius 3 is 2.75 bits per heavy atom. The lowest BCUT2D eigenvalue weighted by Crippen LogP contribution is -2.41. The molecule has 20 heavy (non-hydrogen) atoms. The van der Waals surface area contributed by atoms with Gasteiger partial charge in [0.15, 0.2) is 0 Å². The van der Waals surface area contributed by atoms with Crippen molar-refractivity contribution in [3.05, 3.63) is 29.8 Å². The molecular formula is C15H20N2O3. The highest BCUT2D eigenvalue weighted by Gasteiger charge is 2.23. The number of urea groups is 1. The molecule has 1 aliphatic heterocycles. The number of carbonyl (C=O) groups excluding carboxylic acids is 1. The topological polar surface area (TPSA) is 69.6 Å². The fourth-order valence-electron chi connectivity index (χ4n) is 2.54. The minimum absolute atomic E-state index is 0.114. The molecule has 1 fully saturated rings. The first-order valence-electron chi connectivity index (χ1n) is 6.99. The Bertz CT molecular complexity index is 502. The van der Waals surface area contributed by atoms with E-state index in [4.69, 9.17) is 5.11 Å². The van der Waals surface area contributed by atoms with E-state index in [0.29, 0.717) is 5.69 Å². The van der Waals surface area contributed by atoms with Gasteiger partial charge in [0, 0.05) is 12.6 Å². The maximum atomic E-state index is 12.3. The van der Waals surface area contributed by atoms with E-state index in [1.54, 1.807) is 23.1 Å². The number of likely N-dealkylation sites (tertiary alicyclic amines) is 1. The monoisotopic (exact) mass is 276 g/mol. The smallest absolute Gasteiger partial charge is 0.337 e. The first-order valence-corrected chi connectivity index (χ1v) is 6.99. The molecule has 1 aromatic rings. The molecule has 1 unspecified atom stereocenters. The number of carboxylic acid groups (broad SMARTS) is 1. The number of benzene rings is 1. The van der Waals surface area contributed by atoms with E-state index < -0.39 is 5.97 Å². The third-order valence-corrected chi connectivity index (χ3v) is 3.71. The molecule has 1 saturated heterocycles. The summed E-state index contributed by atoms with van der Waals surface area (Å²) in [4.78, 5) is 25.3. The molecule has 5 nitrogen and oxygen atoms in total. The zero-order valence-corrected chi connectivity index (χ0v) is 11.6. The fourth-order valence-corrected chi connectivity index (χ4v) is 2.54. The highest BCUT2D eigenvalue weighted by molar-refractivity contribution is 6.00. The van der Waals surface area contributed by atoms with Gasteiger partial charge in [-0.15, -0.1) is 0 Å². The fraction of sp³-hybridized carbons (Fsp3) is 0.467. The van der Waals surface area contributed by atoms with Gasteiger partial charge < -0.3 is 15.3 Å². The summed E-state index contributed by atoms with van der Waals surface area (Å²) in [6.45, 7) is 2.76. The van der Waals surface area contributed by atoms with Gasteiger partial charge in [0.05, 0.1) is 11.3 Å². The number of carbonyl (C=O) groups is 2. The number of nitrogens with zero attached hydrogens (tertiary/aromatic N) is 1. The maximum absolute atomic E-state index is 12.3. The van der Waals surface area contributed by atoms with Crippen molar-refractivity contribution in [1.82, 2.24) is 4.90 Å². The maximum Gasteiger partial charge on any atom is 0.337 e. The third kappa shape index (κ3) is 3.29. The van der Waals surface area contributed by atoms with Gasteiger partial charge in [0.1, 0.15) is 0 Å². The summed E-state index contributed by atoms with van der Waals surface area (Å²) < 4.78 is 0. The van der Waals surface area contributed by atoms with Crippen molar-refractivity contribution in [2.75, 3.05) is 11.9 Å².